The maximum Gasteiger partial charge on any atom is 0.251 e. The average Bonchev–Trinajstić information content (AvgIpc) is 2.85. The summed E-state index contributed by atoms with van der Waals surface area (Å²) in [4.78, 5) is 41.8. The molecule has 0 aliphatic carbocycles. The molecule has 200 valence electrons. The minimum atomic E-state index is -0.0947. The number of hydrogen-bond donors (Lipinski definition) is 2. The number of aromatic nitrogens is 2. The summed E-state index contributed by atoms with van der Waals surface area (Å²) in [5.41, 5.74) is 10.2. The Morgan fingerprint density at radius 2 is 1.70 bits per heavy atom. The van der Waals surface area contributed by atoms with Crippen LogP contribution < -0.4 is 11.1 Å². The van der Waals surface area contributed by atoms with E-state index in [0.29, 0.717) is 36.5 Å². The number of anilines is 1. The van der Waals surface area contributed by atoms with Crippen LogP contribution in [0.25, 0.3) is 11.3 Å². The highest BCUT2D eigenvalue weighted by Crippen LogP contribution is 2.29. The molecule has 2 aliphatic rings. The van der Waals surface area contributed by atoms with Gasteiger partial charge in [0.15, 0.2) is 0 Å². The molecule has 9 nitrogen and oxygen atoms in total. The van der Waals surface area contributed by atoms with E-state index in [-0.39, 0.29) is 17.8 Å². The quantitative estimate of drug-likeness (QED) is 0.589. The van der Waals surface area contributed by atoms with Gasteiger partial charge in [0.2, 0.25) is 11.9 Å². The molecular formula is C27H39N7O2S. The van der Waals surface area contributed by atoms with Gasteiger partial charge in [-0.1, -0.05) is 6.07 Å². The van der Waals surface area contributed by atoms with Gasteiger partial charge in [0.25, 0.3) is 5.91 Å². The second kappa shape index (κ2) is 12.7. The van der Waals surface area contributed by atoms with Gasteiger partial charge >= 0.3 is 0 Å². The van der Waals surface area contributed by atoms with Crippen molar-refractivity contribution in [1.29, 1.82) is 0 Å². The van der Waals surface area contributed by atoms with Crippen molar-refractivity contribution in [3.05, 3.63) is 34.9 Å². The van der Waals surface area contributed by atoms with Crippen molar-refractivity contribution in [2.45, 2.75) is 38.1 Å². The van der Waals surface area contributed by atoms with E-state index < -0.39 is 0 Å². The Morgan fingerprint density at radius 3 is 2.49 bits per heavy atom. The van der Waals surface area contributed by atoms with Crippen molar-refractivity contribution in [2.24, 2.45) is 0 Å². The van der Waals surface area contributed by atoms with E-state index in [0.717, 1.165) is 73.8 Å². The Kier molecular flexibility index (Phi) is 9.39. The van der Waals surface area contributed by atoms with Crippen LogP contribution in [0.4, 0.5) is 5.95 Å². The van der Waals surface area contributed by atoms with E-state index in [4.69, 9.17) is 5.73 Å². The highest BCUT2D eigenvalue weighted by atomic mass is 32.2. The summed E-state index contributed by atoms with van der Waals surface area (Å²) in [6, 6.07) is 5.81. The van der Waals surface area contributed by atoms with Crippen LogP contribution in [0.3, 0.4) is 0 Å². The number of thioether (sulfide) groups is 1. The van der Waals surface area contributed by atoms with Crippen LogP contribution >= 0.6 is 11.8 Å². The molecule has 0 atom stereocenters. The molecule has 0 saturated carbocycles. The molecule has 4 rings (SSSR count). The summed E-state index contributed by atoms with van der Waals surface area (Å²) in [6.07, 6.45) is 2.11. The number of likely N-dealkylation sites (N-methyl/N-ethyl adjacent to an activating group) is 1. The number of carbonyl (C=O) groups excluding carboxylic acids is 2. The minimum absolute atomic E-state index is 0.0947. The third kappa shape index (κ3) is 7.43. The zero-order chi connectivity index (χ0) is 26.4. The normalized spacial score (nSPS) is 18.9. The molecule has 37 heavy (non-hydrogen) atoms. The molecule has 2 amide bonds. The summed E-state index contributed by atoms with van der Waals surface area (Å²) >= 11 is 1.52. The molecule has 2 aliphatic heterocycles. The Bertz CT molecular complexity index is 1120. The van der Waals surface area contributed by atoms with Gasteiger partial charge in [-0.15, -0.1) is 11.8 Å². The van der Waals surface area contributed by atoms with Gasteiger partial charge in [-0.2, -0.15) is 0 Å². The summed E-state index contributed by atoms with van der Waals surface area (Å²) in [6.45, 7) is 11.1. The van der Waals surface area contributed by atoms with Gasteiger partial charge in [0, 0.05) is 75.7 Å². The molecule has 4 bridgehead atoms. The van der Waals surface area contributed by atoms with Crippen LogP contribution in [0, 0.1) is 13.8 Å². The number of benzene rings is 1. The molecule has 3 heterocycles. The third-order valence-electron chi connectivity index (χ3n) is 7.15. The van der Waals surface area contributed by atoms with Gasteiger partial charge in [0.05, 0.1) is 5.69 Å². The van der Waals surface area contributed by atoms with Crippen LogP contribution in [-0.2, 0) is 4.79 Å². The first kappa shape index (κ1) is 27.3. The smallest absolute Gasteiger partial charge is 0.251 e. The first-order chi connectivity index (χ1) is 17.8. The van der Waals surface area contributed by atoms with Crippen molar-refractivity contribution in [1.82, 2.24) is 30.0 Å². The highest BCUT2D eigenvalue weighted by molar-refractivity contribution is 7.99. The Hall–Kier alpha value is -2.69. The minimum Gasteiger partial charge on any atom is -0.368 e. The third-order valence-corrected chi connectivity index (χ3v) is 8.07. The van der Waals surface area contributed by atoms with E-state index in [9.17, 15) is 9.59 Å². The molecule has 3 N–H and O–H groups in total. The Balaban J connectivity index is 1.51. The zero-order valence-corrected chi connectivity index (χ0v) is 23.1. The number of amides is 2. The molecule has 0 radical (unpaired) electrons. The summed E-state index contributed by atoms with van der Waals surface area (Å²) in [7, 11) is 2.15. The summed E-state index contributed by atoms with van der Waals surface area (Å²) < 4.78 is 0. The van der Waals surface area contributed by atoms with Crippen molar-refractivity contribution in [2.75, 3.05) is 70.9 Å². The molecular weight excluding hydrogens is 486 g/mol. The van der Waals surface area contributed by atoms with Crippen LogP contribution in [0.2, 0.25) is 0 Å². The predicted octanol–water partition coefficient (Wildman–Crippen LogP) is 2.42. The SMILES string of the molecule is Cc1cc(C)c2cc1C(=O)NCCCCN(CCN1CCN(C)CC1)C(=O)CCSc1cc-2nc(N)n1. The fourth-order valence-corrected chi connectivity index (χ4v) is 5.69. The Labute approximate surface area is 224 Å². The second-order valence-corrected chi connectivity index (χ2v) is 11.1. The average molecular weight is 526 g/mol. The number of rotatable bonds is 3. The molecule has 1 saturated heterocycles. The number of aryl methyl sites for hydroxylation is 2. The first-order valence-corrected chi connectivity index (χ1v) is 14.1. The predicted molar refractivity (Wildman–Crippen MR) is 149 cm³/mol. The van der Waals surface area contributed by atoms with Crippen molar-refractivity contribution in [3.63, 3.8) is 0 Å². The van der Waals surface area contributed by atoms with E-state index in [2.05, 4.69) is 32.1 Å². The topological polar surface area (TPSA) is 108 Å². The molecule has 2 aromatic rings. The summed E-state index contributed by atoms with van der Waals surface area (Å²) in [5.74, 6) is 0.875. The van der Waals surface area contributed by atoms with Crippen molar-refractivity contribution < 1.29 is 9.59 Å². The summed E-state index contributed by atoms with van der Waals surface area (Å²) in [5, 5.41) is 3.79. The van der Waals surface area contributed by atoms with E-state index in [1.54, 1.807) is 0 Å². The molecule has 1 fully saturated rings. The highest BCUT2D eigenvalue weighted by Gasteiger charge is 2.19. The number of piperazine rings is 1. The van der Waals surface area contributed by atoms with Crippen molar-refractivity contribution in [3.8, 4) is 11.3 Å². The molecule has 10 heteroatoms. The van der Waals surface area contributed by atoms with Crippen LogP contribution in [0.5, 0.6) is 0 Å². The number of nitrogens with one attached hydrogen (secondary N) is 1. The number of nitrogens with zero attached hydrogens (tertiary/aromatic N) is 5. The number of carbonyl (C=O) groups is 2. The van der Waals surface area contributed by atoms with Crippen molar-refractivity contribution >= 4 is 29.5 Å². The lowest BCUT2D eigenvalue weighted by atomic mass is 9.97. The van der Waals surface area contributed by atoms with Crippen LogP contribution in [0.15, 0.2) is 23.2 Å². The van der Waals surface area contributed by atoms with Gasteiger partial charge in [0.1, 0.15) is 5.03 Å². The monoisotopic (exact) mass is 525 g/mol. The van der Waals surface area contributed by atoms with Gasteiger partial charge < -0.3 is 20.9 Å². The zero-order valence-electron chi connectivity index (χ0n) is 22.3. The number of nitrogens with two attached hydrogens (primary N) is 1. The fourth-order valence-electron chi connectivity index (χ4n) is 4.85. The maximum absolute atomic E-state index is 13.2. The second-order valence-electron chi connectivity index (χ2n) is 10.0. The van der Waals surface area contributed by atoms with E-state index in [1.807, 2.05) is 36.9 Å². The van der Waals surface area contributed by atoms with E-state index >= 15 is 0 Å². The standard InChI is InChI=1S/C27H39N7O2S/c1-19-16-20(2)22-17-21(19)23-18-24(31-27(28)30-23)37-15-6-25(35)34(8-5-4-7-29-26(22)36)14-13-33-11-9-32(3)10-12-33/h16-18H,4-15H2,1-3H3,(H,29,36)(H2,28,30,31). The number of hydrogen-bond acceptors (Lipinski definition) is 8. The molecule has 1 aromatic carbocycles. The Morgan fingerprint density at radius 1 is 0.946 bits per heavy atom. The lowest BCUT2D eigenvalue weighted by Gasteiger charge is -2.34. The lowest BCUT2D eigenvalue weighted by molar-refractivity contribution is -0.131. The van der Waals surface area contributed by atoms with Gasteiger partial charge in [-0.3, -0.25) is 14.5 Å². The molecule has 0 spiro atoms. The van der Waals surface area contributed by atoms with Gasteiger partial charge in [-0.25, -0.2) is 9.97 Å². The number of fused-ring (bicyclic) bond motifs is 5. The maximum atomic E-state index is 13.2. The van der Waals surface area contributed by atoms with Crippen LogP contribution in [0.1, 0.15) is 40.7 Å². The fraction of sp³-hybridized carbons (Fsp3) is 0.556. The number of nitrogen functional groups attached to an aromatic ring is 1. The lowest BCUT2D eigenvalue weighted by Crippen LogP contribution is -2.47. The first-order valence-electron chi connectivity index (χ1n) is 13.2. The largest absolute Gasteiger partial charge is 0.368 e. The molecule has 1 aromatic heterocycles. The van der Waals surface area contributed by atoms with Crippen LogP contribution in [-0.4, -0.2) is 102 Å². The van der Waals surface area contributed by atoms with E-state index in [1.165, 1.54) is 11.8 Å². The molecule has 0 unspecified atom stereocenters. The van der Waals surface area contributed by atoms with Gasteiger partial charge in [-0.05, 0) is 57.0 Å².